The minimum absolute atomic E-state index is 0.618. The lowest BCUT2D eigenvalue weighted by molar-refractivity contribution is 1.23. The summed E-state index contributed by atoms with van der Waals surface area (Å²) in [6, 6.07) is 27.5. The van der Waals surface area contributed by atoms with Gasteiger partial charge in [-0.3, -0.25) is 0 Å². The topological polar surface area (TPSA) is 3.24 Å². The molecule has 0 N–H and O–H groups in total. The first-order valence-electron chi connectivity index (χ1n) is 7.88. The number of hydrogen-bond acceptors (Lipinski definition) is 3. The fourth-order valence-corrected chi connectivity index (χ4v) is 3.68. The Morgan fingerprint density at radius 3 is 1.75 bits per heavy atom. The highest BCUT2D eigenvalue weighted by Crippen LogP contribution is 2.49. The number of para-hydroxylation sites is 3. The number of anilines is 3. The number of fused-ring (bicyclic) bond motifs is 2. The highest BCUT2D eigenvalue weighted by Gasteiger charge is 2.27. The van der Waals surface area contributed by atoms with Crippen molar-refractivity contribution >= 4 is 47.9 Å². The third-order valence-corrected chi connectivity index (χ3v) is 5.23. The van der Waals surface area contributed by atoms with E-state index in [1.54, 1.807) is 0 Å². The van der Waals surface area contributed by atoms with Gasteiger partial charge in [-0.15, -0.1) is 12.6 Å². The first-order chi connectivity index (χ1) is 11.8. The quantitative estimate of drug-likeness (QED) is 0.415. The van der Waals surface area contributed by atoms with Crippen molar-refractivity contribution in [2.24, 2.45) is 0 Å². The predicted molar refractivity (Wildman–Crippen MR) is 110 cm³/mol. The van der Waals surface area contributed by atoms with Crippen LogP contribution < -0.4 is 4.90 Å². The molecule has 0 saturated carbocycles. The molecular formula is C21H17NS2. The zero-order chi connectivity index (χ0) is 16.5. The second kappa shape index (κ2) is 6.42. The van der Waals surface area contributed by atoms with Gasteiger partial charge in [-0.05, 0) is 29.2 Å². The largest absolute Gasteiger partial charge is 0.309 e. The molecule has 0 aromatic heterocycles. The van der Waals surface area contributed by atoms with Gasteiger partial charge in [0.25, 0.3) is 0 Å². The Balaban J connectivity index is 2.06. The molecule has 1 heterocycles. The van der Waals surface area contributed by atoms with E-state index in [9.17, 15) is 0 Å². The van der Waals surface area contributed by atoms with Gasteiger partial charge in [0.2, 0.25) is 0 Å². The van der Waals surface area contributed by atoms with E-state index in [4.69, 9.17) is 12.6 Å². The van der Waals surface area contributed by atoms with Gasteiger partial charge < -0.3 is 4.90 Å². The van der Waals surface area contributed by atoms with Crippen LogP contribution >= 0.6 is 25.3 Å². The summed E-state index contributed by atoms with van der Waals surface area (Å²) in [4.78, 5) is 3.30. The van der Waals surface area contributed by atoms with E-state index in [1.165, 1.54) is 28.1 Å². The van der Waals surface area contributed by atoms with Crippen LogP contribution in [0, 0.1) is 0 Å². The Bertz CT molecular complexity index is 866. The van der Waals surface area contributed by atoms with Crippen molar-refractivity contribution in [3.63, 3.8) is 0 Å². The fourth-order valence-electron chi connectivity index (χ4n) is 3.28. The van der Waals surface area contributed by atoms with Crippen LogP contribution in [-0.4, -0.2) is 5.75 Å². The van der Waals surface area contributed by atoms with E-state index in [2.05, 4.69) is 90.3 Å². The summed E-state index contributed by atoms with van der Waals surface area (Å²) >= 11 is 9.18. The molecule has 0 spiro atoms. The van der Waals surface area contributed by atoms with Crippen molar-refractivity contribution < 1.29 is 0 Å². The van der Waals surface area contributed by atoms with E-state index in [0.717, 1.165) is 10.6 Å². The Kier molecular flexibility index (Phi) is 4.13. The molecule has 3 aromatic rings. The molecule has 118 valence electrons. The molecule has 0 unspecified atom stereocenters. The number of benzene rings is 3. The minimum atomic E-state index is 0.618. The molecular weight excluding hydrogens is 330 g/mol. The molecule has 0 atom stereocenters. The van der Waals surface area contributed by atoms with Crippen molar-refractivity contribution in [1.29, 1.82) is 0 Å². The van der Waals surface area contributed by atoms with Gasteiger partial charge in [-0.1, -0.05) is 54.6 Å². The SMILES string of the molecule is SCC(S)=C1c2ccccc2N(c2ccccc2)c2ccccc21. The Labute approximate surface area is 153 Å². The van der Waals surface area contributed by atoms with Gasteiger partial charge >= 0.3 is 0 Å². The van der Waals surface area contributed by atoms with E-state index < -0.39 is 0 Å². The van der Waals surface area contributed by atoms with Crippen LogP contribution in [0.5, 0.6) is 0 Å². The van der Waals surface area contributed by atoms with Crippen LogP contribution in [0.1, 0.15) is 11.1 Å². The third kappa shape index (κ3) is 2.45. The second-order valence-corrected chi connectivity index (χ2v) is 6.54. The normalized spacial score (nSPS) is 12.6. The summed E-state index contributed by atoms with van der Waals surface area (Å²) in [5, 5.41) is 0. The van der Waals surface area contributed by atoms with Crippen molar-refractivity contribution in [3.8, 4) is 0 Å². The molecule has 0 saturated heterocycles. The lowest BCUT2D eigenvalue weighted by Crippen LogP contribution is -2.18. The molecule has 0 fully saturated rings. The maximum atomic E-state index is 4.72. The summed E-state index contributed by atoms with van der Waals surface area (Å²) in [6.07, 6.45) is 0. The highest BCUT2D eigenvalue weighted by molar-refractivity contribution is 7.87. The molecule has 0 radical (unpaired) electrons. The van der Waals surface area contributed by atoms with E-state index in [0.29, 0.717) is 5.75 Å². The number of thiol groups is 2. The van der Waals surface area contributed by atoms with E-state index in [1.807, 2.05) is 6.07 Å². The molecule has 24 heavy (non-hydrogen) atoms. The number of rotatable bonds is 2. The number of nitrogens with zero attached hydrogens (tertiary/aromatic N) is 1. The van der Waals surface area contributed by atoms with E-state index >= 15 is 0 Å². The molecule has 1 nitrogen and oxygen atoms in total. The van der Waals surface area contributed by atoms with Gasteiger partial charge in [0.15, 0.2) is 0 Å². The van der Waals surface area contributed by atoms with Gasteiger partial charge in [0.1, 0.15) is 0 Å². The molecule has 0 aliphatic carbocycles. The van der Waals surface area contributed by atoms with Gasteiger partial charge in [0, 0.05) is 28.1 Å². The summed E-state index contributed by atoms with van der Waals surface area (Å²) in [6.45, 7) is 0. The lowest BCUT2D eigenvalue weighted by atomic mass is 9.89. The standard InChI is InChI=1S/C21H17NS2/c23-14-20(24)21-16-10-4-6-12-18(16)22(15-8-2-1-3-9-15)19-13-7-5-11-17(19)21/h1-13,23-24H,14H2. The van der Waals surface area contributed by atoms with Gasteiger partial charge in [-0.25, -0.2) is 0 Å². The lowest BCUT2D eigenvalue weighted by Gasteiger charge is -2.35. The Morgan fingerprint density at radius 1 is 0.708 bits per heavy atom. The average Bonchev–Trinajstić information content (AvgIpc) is 2.66. The maximum absolute atomic E-state index is 4.72. The number of hydrogen-bond donors (Lipinski definition) is 2. The fraction of sp³-hybridized carbons (Fsp3) is 0.0476. The van der Waals surface area contributed by atoms with Crippen molar-refractivity contribution in [1.82, 2.24) is 0 Å². The highest BCUT2D eigenvalue weighted by atomic mass is 32.1. The Hall–Kier alpha value is -2.10. The third-order valence-electron chi connectivity index (χ3n) is 4.28. The molecule has 3 heteroatoms. The first-order valence-corrected chi connectivity index (χ1v) is 8.96. The van der Waals surface area contributed by atoms with Crippen molar-refractivity contribution in [2.75, 3.05) is 10.7 Å². The second-order valence-electron chi connectivity index (χ2n) is 5.69. The predicted octanol–water partition coefficient (Wildman–Crippen LogP) is 6.09. The molecule has 1 aliphatic rings. The van der Waals surface area contributed by atoms with Crippen molar-refractivity contribution in [2.45, 2.75) is 0 Å². The molecule has 3 aromatic carbocycles. The van der Waals surface area contributed by atoms with Crippen LogP contribution in [0.15, 0.2) is 83.8 Å². The van der Waals surface area contributed by atoms with Gasteiger partial charge in [-0.2, -0.15) is 12.6 Å². The van der Waals surface area contributed by atoms with Crippen LogP contribution in [0.2, 0.25) is 0 Å². The van der Waals surface area contributed by atoms with Crippen LogP contribution in [0.25, 0.3) is 5.57 Å². The first kappa shape index (κ1) is 15.4. The monoisotopic (exact) mass is 347 g/mol. The molecule has 4 rings (SSSR count). The summed E-state index contributed by atoms with van der Waals surface area (Å²) in [5.41, 5.74) is 7.06. The zero-order valence-corrected chi connectivity index (χ0v) is 14.8. The van der Waals surface area contributed by atoms with Gasteiger partial charge in [0.05, 0.1) is 11.4 Å². The Morgan fingerprint density at radius 2 is 1.21 bits per heavy atom. The van der Waals surface area contributed by atoms with Crippen LogP contribution in [0.3, 0.4) is 0 Å². The van der Waals surface area contributed by atoms with Crippen molar-refractivity contribution in [3.05, 3.63) is 94.9 Å². The molecule has 1 aliphatic heterocycles. The molecule has 0 amide bonds. The summed E-state index contributed by atoms with van der Waals surface area (Å²) in [5.74, 6) is 0.618. The summed E-state index contributed by atoms with van der Waals surface area (Å²) < 4.78 is 0. The smallest absolute Gasteiger partial charge is 0.0540 e. The maximum Gasteiger partial charge on any atom is 0.0540 e. The van der Waals surface area contributed by atoms with Crippen LogP contribution in [-0.2, 0) is 0 Å². The minimum Gasteiger partial charge on any atom is -0.309 e. The van der Waals surface area contributed by atoms with E-state index in [-0.39, 0.29) is 0 Å². The average molecular weight is 348 g/mol. The van der Waals surface area contributed by atoms with Crippen LogP contribution in [0.4, 0.5) is 17.1 Å². The summed E-state index contributed by atoms with van der Waals surface area (Å²) in [7, 11) is 0. The zero-order valence-electron chi connectivity index (χ0n) is 13.1. The molecule has 0 bridgehead atoms.